The summed E-state index contributed by atoms with van der Waals surface area (Å²) in [6.45, 7) is -1.33. The van der Waals surface area contributed by atoms with Gasteiger partial charge in [0.1, 0.15) is 6.54 Å². The van der Waals surface area contributed by atoms with E-state index in [1.807, 2.05) is 9.88 Å². The number of furan rings is 1. The van der Waals surface area contributed by atoms with Crippen LogP contribution in [0.5, 0.6) is 0 Å². The molecule has 1 aliphatic carbocycles. The number of halogens is 3. The molecule has 3 rings (SSSR count). The SMILES string of the molecule is O=C(CSc1nnc(-c2ccco2)n1C1CCCCC1)NCC(F)(F)F. The lowest BCUT2D eigenvalue weighted by molar-refractivity contribution is -0.136. The van der Waals surface area contributed by atoms with Gasteiger partial charge in [0.25, 0.3) is 0 Å². The summed E-state index contributed by atoms with van der Waals surface area (Å²) in [6.07, 6.45) is 2.44. The minimum atomic E-state index is -4.42. The summed E-state index contributed by atoms with van der Waals surface area (Å²) in [4.78, 5) is 11.7. The lowest BCUT2D eigenvalue weighted by Gasteiger charge is -2.25. The Kier molecular flexibility index (Phi) is 5.90. The molecule has 2 aromatic heterocycles. The molecule has 1 N–H and O–H groups in total. The van der Waals surface area contributed by atoms with Crippen molar-refractivity contribution in [3.63, 3.8) is 0 Å². The fraction of sp³-hybridized carbons (Fsp3) is 0.562. The number of thioether (sulfide) groups is 1. The molecule has 6 nitrogen and oxygen atoms in total. The van der Waals surface area contributed by atoms with Crippen LogP contribution in [-0.2, 0) is 4.79 Å². The molecule has 0 aliphatic heterocycles. The third-order valence-electron chi connectivity index (χ3n) is 4.16. The number of hydrogen-bond donors (Lipinski definition) is 1. The Hall–Kier alpha value is -1.97. The number of carbonyl (C=O) groups is 1. The number of alkyl halides is 3. The second kappa shape index (κ2) is 8.15. The van der Waals surface area contributed by atoms with Gasteiger partial charge in [-0.25, -0.2) is 0 Å². The van der Waals surface area contributed by atoms with Gasteiger partial charge in [-0.15, -0.1) is 10.2 Å². The summed E-state index contributed by atoms with van der Waals surface area (Å²) in [5.74, 6) is 0.320. The van der Waals surface area contributed by atoms with Crippen molar-refractivity contribution in [2.45, 2.75) is 49.5 Å². The predicted molar refractivity (Wildman–Crippen MR) is 89.6 cm³/mol. The van der Waals surface area contributed by atoms with Crippen LogP contribution in [0.15, 0.2) is 28.0 Å². The zero-order chi connectivity index (χ0) is 18.6. The fourth-order valence-electron chi connectivity index (χ4n) is 3.00. The minimum Gasteiger partial charge on any atom is -0.461 e. The zero-order valence-electron chi connectivity index (χ0n) is 14.0. The molecular weight excluding hydrogens is 369 g/mol. The van der Waals surface area contributed by atoms with Gasteiger partial charge >= 0.3 is 6.18 Å². The molecule has 1 amide bonds. The minimum absolute atomic E-state index is 0.154. The molecule has 1 saturated carbocycles. The molecule has 0 bridgehead atoms. The van der Waals surface area contributed by atoms with Gasteiger partial charge in [0, 0.05) is 6.04 Å². The molecule has 0 aromatic carbocycles. The Morgan fingerprint density at radius 2 is 2.08 bits per heavy atom. The Bertz CT molecular complexity index is 724. The highest BCUT2D eigenvalue weighted by Crippen LogP contribution is 2.35. The van der Waals surface area contributed by atoms with Crippen molar-refractivity contribution in [3.05, 3.63) is 18.4 Å². The largest absolute Gasteiger partial charge is 0.461 e. The number of aromatic nitrogens is 3. The highest BCUT2D eigenvalue weighted by molar-refractivity contribution is 7.99. The molecule has 10 heteroatoms. The van der Waals surface area contributed by atoms with E-state index in [1.165, 1.54) is 6.42 Å². The topological polar surface area (TPSA) is 73.0 Å². The lowest BCUT2D eigenvalue weighted by Crippen LogP contribution is -2.34. The van der Waals surface area contributed by atoms with E-state index in [-0.39, 0.29) is 11.8 Å². The van der Waals surface area contributed by atoms with Crippen LogP contribution in [0.3, 0.4) is 0 Å². The van der Waals surface area contributed by atoms with Crippen LogP contribution in [-0.4, -0.2) is 39.1 Å². The van der Waals surface area contributed by atoms with Gasteiger partial charge < -0.3 is 9.73 Å². The van der Waals surface area contributed by atoms with Crippen molar-refractivity contribution in [1.29, 1.82) is 0 Å². The van der Waals surface area contributed by atoms with E-state index in [9.17, 15) is 18.0 Å². The van der Waals surface area contributed by atoms with Gasteiger partial charge in [-0.1, -0.05) is 31.0 Å². The summed E-state index contributed by atoms with van der Waals surface area (Å²) in [7, 11) is 0. The lowest BCUT2D eigenvalue weighted by atomic mass is 9.95. The molecule has 0 radical (unpaired) electrons. The third kappa shape index (κ3) is 4.80. The molecule has 0 unspecified atom stereocenters. The average molecular weight is 388 g/mol. The maximum atomic E-state index is 12.2. The van der Waals surface area contributed by atoms with Crippen LogP contribution >= 0.6 is 11.8 Å². The van der Waals surface area contributed by atoms with E-state index >= 15 is 0 Å². The third-order valence-corrected chi connectivity index (χ3v) is 5.11. The van der Waals surface area contributed by atoms with Crippen LogP contribution in [0.4, 0.5) is 13.2 Å². The van der Waals surface area contributed by atoms with Crippen molar-refractivity contribution in [2.24, 2.45) is 0 Å². The van der Waals surface area contributed by atoms with Gasteiger partial charge in [-0.05, 0) is 25.0 Å². The summed E-state index contributed by atoms with van der Waals surface area (Å²) in [5, 5.41) is 10.7. The van der Waals surface area contributed by atoms with E-state index in [0.29, 0.717) is 16.7 Å². The molecule has 2 heterocycles. The molecular formula is C16H19F3N4O2S. The van der Waals surface area contributed by atoms with Crippen LogP contribution in [0, 0.1) is 0 Å². The first-order valence-corrected chi connectivity index (χ1v) is 9.37. The molecule has 142 valence electrons. The van der Waals surface area contributed by atoms with E-state index in [0.717, 1.165) is 37.4 Å². The first-order chi connectivity index (χ1) is 12.4. The number of carbonyl (C=O) groups excluding carboxylic acids is 1. The van der Waals surface area contributed by atoms with Crippen molar-refractivity contribution >= 4 is 17.7 Å². The van der Waals surface area contributed by atoms with Crippen molar-refractivity contribution < 1.29 is 22.4 Å². The summed E-state index contributed by atoms with van der Waals surface area (Å²) in [6, 6.07) is 3.74. The van der Waals surface area contributed by atoms with Gasteiger partial charge in [-0.3, -0.25) is 9.36 Å². The maximum absolute atomic E-state index is 12.2. The van der Waals surface area contributed by atoms with E-state index < -0.39 is 18.6 Å². The van der Waals surface area contributed by atoms with Crippen molar-refractivity contribution in [1.82, 2.24) is 20.1 Å². The maximum Gasteiger partial charge on any atom is 0.405 e. The number of nitrogens with one attached hydrogen (secondary N) is 1. The molecule has 1 aliphatic rings. The highest BCUT2D eigenvalue weighted by atomic mass is 32.2. The van der Waals surface area contributed by atoms with E-state index in [2.05, 4.69) is 10.2 Å². The molecule has 26 heavy (non-hydrogen) atoms. The normalized spacial score (nSPS) is 16.0. The van der Waals surface area contributed by atoms with Gasteiger partial charge in [0.05, 0.1) is 12.0 Å². The second-order valence-electron chi connectivity index (χ2n) is 6.13. The molecule has 0 atom stereocenters. The van der Waals surface area contributed by atoms with Crippen LogP contribution < -0.4 is 5.32 Å². The summed E-state index contributed by atoms with van der Waals surface area (Å²) in [5.41, 5.74) is 0. The highest BCUT2D eigenvalue weighted by Gasteiger charge is 2.28. The van der Waals surface area contributed by atoms with E-state index in [4.69, 9.17) is 4.42 Å². The van der Waals surface area contributed by atoms with Gasteiger partial charge in [0.15, 0.2) is 10.9 Å². The Labute approximate surface area is 152 Å². The quantitative estimate of drug-likeness (QED) is 0.762. The van der Waals surface area contributed by atoms with Crippen LogP contribution in [0.25, 0.3) is 11.6 Å². The first-order valence-electron chi connectivity index (χ1n) is 8.39. The zero-order valence-corrected chi connectivity index (χ0v) is 14.8. The number of nitrogens with zero attached hydrogens (tertiary/aromatic N) is 3. The molecule has 0 saturated heterocycles. The molecule has 1 fully saturated rings. The first kappa shape index (κ1) is 18.8. The smallest absolute Gasteiger partial charge is 0.405 e. The van der Waals surface area contributed by atoms with Crippen molar-refractivity contribution in [3.8, 4) is 11.6 Å². The number of hydrogen-bond acceptors (Lipinski definition) is 5. The second-order valence-corrected chi connectivity index (χ2v) is 7.07. The Morgan fingerprint density at radius 3 is 2.73 bits per heavy atom. The molecule has 2 aromatic rings. The molecule has 0 spiro atoms. The number of rotatable bonds is 6. The van der Waals surface area contributed by atoms with Gasteiger partial charge in [-0.2, -0.15) is 13.2 Å². The summed E-state index contributed by atoms with van der Waals surface area (Å²) >= 11 is 1.09. The average Bonchev–Trinajstić information content (AvgIpc) is 3.27. The Morgan fingerprint density at radius 1 is 1.31 bits per heavy atom. The van der Waals surface area contributed by atoms with Crippen molar-refractivity contribution in [2.75, 3.05) is 12.3 Å². The van der Waals surface area contributed by atoms with Crippen LogP contribution in [0.2, 0.25) is 0 Å². The monoisotopic (exact) mass is 388 g/mol. The standard InChI is InChI=1S/C16H19F3N4O2S/c17-16(18,19)10-20-13(24)9-26-15-22-21-14(12-7-4-8-25-12)23(15)11-5-2-1-3-6-11/h4,7-8,11H,1-3,5-6,9-10H2,(H,20,24). The van der Waals surface area contributed by atoms with Crippen LogP contribution in [0.1, 0.15) is 38.1 Å². The number of amides is 1. The van der Waals surface area contributed by atoms with E-state index in [1.54, 1.807) is 18.4 Å². The fourth-order valence-corrected chi connectivity index (χ4v) is 3.83. The van der Waals surface area contributed by atoms with Gasteiger partial charge in [0.2, 0.25) is 11.7 Å². The Balaban J connectivity index is 1.73. The predicted octanol–water partition coefficient (Wildman–Crippen LogP) is 3.81. The summed E-state index contributed by atoms with van der Waals surface area (Å²) < 4.78 is 44.0.